The Hall–Kier alpha value is -3.18. The van der Waals surface area contributed by atoms with E-state index in [0.29, 0.717) is 17.9 Å². The Labute approximate surface area is 158 Å². The first-order chi connectivity index (χ1) is 13.2. The van der Waals surface area contributed by atoms with E-state index in [0.717, 1.165) is 22.8 Å². The molecule has 0 heterocycles. The third-order valence-corrected chi connectivity index (χ3v) is 4.04. The van der Waals surface area contributed by atoms with Gasteiger partial charge in [-0.1, -0.05) is 12.1 Å². The van der Waals surface area contributed by atoms with Gasteiger partial charge >= 0.3 is 0 Å². The quantitative estimate of drug-likeness (QED) is 0.601. The molecule has 5 heteroatoms. The van der Waals surface area contributed by atoms with Crippen molar-refractivity contribution in [2.24, 2.45) is 0 Å². The Morgan fingerprint density at radius 2 is 1.15 bits per heavy atom. The first-order valence-electron chi connectivity index (χ1n) is 8.52. The lowest BCUT2D eigenvalue weighted by Gasteiger charge is -2.14. The zero-order valence-corrected chi connectivity index (χ0v) is 15.3. The Bertz CT molecular complexity index is 826. The molecule has 0 saturated carbocycles. The minimum atomic E-state index is -1.05. The summed E-state index contributed by atoms with van der Waals surface area (Å²) in [5.41, 5.74) is 1.70. The normalized spacial score (nSPS) is 11.5. The summed E-state index contributed by atoms with van der Waals surface area (Å²) >= 11 is 0. The van der Waals surface area contributed by atoms with Gasteiger partial charge in [-0.25, -0.2) is 0 Å². The average molecular weight is 366 g/mol. The first kappa shape index (κ1) is 18.6. The van der Waals surface area contributed by atoms with Crippen molar-refractivity contribution in [1.29, 1.82) is 0 Å². The fourth-order valence-electron chi connectivity index (χ4n) is 2.47. The Morgan fingerprint density at radius 3 is 1.70 bits per heavy atom. The van der Waals surface area contributed by atoms with Crippen molar-refractivity contribution in [2.45, 2.75) is 12.9 Å². The summed E-state index contributed by atoms with van der Waals surface area (Å²) in [5.74, 6) is 2.81. The predicted octanol–water partition coefficient (Wildman–Crippen LogP) is 4.35. The van der Waals surface area contributed by atoms with Gasteiger partial charge in [-0.05, 0) is 66.2 Å². The highest BCUT2D eigenvalue weighted by atomic mass is 16.6. The second-order valence-electron chi connectivity index (χ2n) is 5.85. The molecule has 1 unspecified atom stereocenters. The summed E-state index contributed by atoms with van der Waals surface area (Å²) in [6.45, 7) is 0.457. The summed E-state index contributed by atoms with van der Waals surface area (Å²) in [5, 5.41) is 10.2. The van der Waals surface area contributed by atoms with E-state index >= 15 is 0 Å². The molecule has 0 radical (unpaired) electrons. The van der Waals surface area contributed by atoms with E-state index in [1.807, 2.05) is 24.3 Å². The van der Waals surface area contributed by atoms with Gasteiger partial charge in [0, 0.05) is 5.56 Å². The fourth-order valence-corrected chi connectivity index (χ4v) is 2.47. The second kappa shape index (κ2) is 8.96. The second-order valence-corrected chi connectivity index (χ2v) is 5.85. The summed E-state index contributed by atoms with van der Waals surface area (Å²) in [7, 11) is 3.24. The van der Waals surface area contributed by atoms with E-state index < -0.39 is 6.29 Å². The van der Waals surface area contributed by atoms with Gasteiger partial charge in [-0.15, -0.1) is 0 Å². The first-order valence-corrected chi connectivity index (χ1v) is 8.52. The van der Waals surface area contributed by atoms with E-state index in [-0.39, 0.29) is 0 Å². The van der Waals surface area contributed by atoms with Crippen LogP contribution in [-0.2, 0) is 6.61 Å². The van der Waals surface area contributed by atoms with Gasteiger partial charge < -0.3 is 24.1 Å². The van der Waals surface area contributed by atoms with Gasteiger partial charge in [0.25, 0.3) is 0 Å². The van der Waals surface area contributed by atoms with Crippen LogP contribution < -0.4 is 18.9 Å². The molecular formula is C22H22O5. The van der Waals surface area contributed by atoms with Gasteiger partial charge in [-0.3, -0.25) is 0 Å². The van der Waals surface area contributed by atoms with Crippen LogP contribution >= 0.6 is 0 Å². The Balaban J connectivity index is 1.54. The van der Waals surface area contributed by atoms with Crippen molar-refractivity contribution in [3.63, 3.8) is 0 Å². The molecule has 0 aromatic heterocycles. The van der Waals surface area contributed by atoms with Gasteiger partial charge in [0.2, 0.25) is 6.29 Å². The maximum atomic E-state index is 10.2. The number of hydrogen-bond acceptors (Lipinski definition) is 5. The lowest BCUT2D eigenvalue weighted by atomic mass is 10.2. The highest BCUT2D eigenvalue weighted by molar-refractivity contribution is 5.33. The van der Waals surface area contributed by atoms with Crippen LogP contribution in [0.4, 0.5) is 0 Å². The molecule has 5 nitrogen and oxygen atoms in total. The highest BCUT2D eigenvalue weighted by Gasteiger charge is 2.09. The largest absolute Gasteiger partial charge is 0.497 e. The molecule has 1 N–H and O–H groups in total. The number of rotatable bonds is 8. The molecule has 0 amide bonds. The predicted molar refractivity (Wildman–Crippen MR) is 102 cm³/mol. The number of aliphatic hydroxyl groups excluding tert-OH is 1. The molecule has 1 atom stereocenters. The number of aliphatic hydroxyl groups is 1. The Kier molecular flexibility index (Phi) is 6.18. The van der Waals surface area contributed by atoms with Crippen molar-refractivity contribution < 1.29 is 24.1 Å². The zero-order chi connectivity index (χ0) is 19.1. The highest BCUT2D eigenvalue weighted by Crippen LogP contribution is 2.24. The number of hydrogen-bond donors (Lipinski definition) is 1. The van der Waals surface area contributed by atoms with Crippen molar-refractivity contribution in [3.05, 3.63) is 83.9 Å². The number of ether oxygens (including phenoxy) is 4. The van der Waals surface area contributed by atoms with E-state index in [1.54, 1.807) is 62.8 Å². The summed E-state index contributed by atoms with van der Waals surface area (Å²) in [4.78, 5) is 0. The van der Waals surface area contributed by atoms with E-state index in [1.165, 1.54) is 0 Å². The van der Waals surface area contributed by atoms with Crippen LogP contribution in [0.3, 0.4) is 0 Å². The molecule has 0 aliphatic carbocycles. The summed E-state index contributed by atoms with van der Waals surface area (Å²) < 4.78 is 21.6. The minimum Gasteiger partial charge on any atom is -0.497 e. The van der Waals surface area contributed by atoms with Crippen molar-refractivity contribution in [1.82, 2.24) is 0 Å². The Morgan fingerprint density at radius 1 is 0.667 bits per heavy atom. The topological polar surface area (TPSA) is 57.2 Å². The summed E-state index contributed by atoms with van der Waals surface area (Å²) in [6.07, 6.45) is -1.05. The van der Waals surface area contributed by atoms with Crippen LogP contribution in [-0.4, -0.2) is 19.3 Å². The molecule has 0 spiro atoms. The van der Waals surface area contributed by atoms with E-state index in [4.69, 9.17) is 18.9 Å². The molecule has 0 aliphatic rings. The van der Waals surface area contributed by atoms with Crippen molar-refractivity contribution in [2.75, 3.05) is 14.2 Å². The molecule has 140 valence electrons. The SMILES string of the molecule is COc1ccc(COc2ccc(OC(O)c3ccc(OC)cc3)cc2)cc1. The molecule has 0 saturated heterocycles. The van der Waals surface area contributed by atoms with Gasteiger partial charge in [0.05, 0.1) is 14.2 Å². The van der Waals surface area contributed by atoms with Crippen LogP contribution in [0, 0.1) is 0 Å². The smallest absolute Gasteiger partial charge is 0.224 e. The zero-order valence-electron chi connectivity index (χ0n) is 15.3. The third kappa shape index (κ3) is 5.15. The number of benzene rings is 3. The minimum absolute atomic E-state index is 0.457. The molecule has 0 bridgehead atoms. The third-order valence-electron chi connectivity index (χ3n) is 4.04. The molecule has 27 heavy (non-hydrogen) atoms. The van der Waals surface area contributed by atoms with Gasteiger partial charge in [0.15, 0.2) is 0 Å². The molecular weight excluding hydrogens is 344 g/mol. The van der Waals surface area contributed by atoms with Gasteiger partial charge in [0.1, 0.15) is 29.6 Å². The maximum Gasteiger partial charge on any atom is 0.224 e. The van der Waals surface area contributed by atoms with Crippen molar-refractivity contribution >= 4 is 0 Å². The average Bonchev–Trinajstić information content (AvgIpc) is 2.73. The standard InChI is InChI=1S/C22H22O5/c1-24-18-7-3-16(4-8-18)15-26-20-11-13-21(14-12-20)27-22(23)17-5-9-19(25-2)10-6-17/h3-14,22-23H,15H2,1-2H3. The fraction of sp³-hybridized carbons (Fsp3) is 0.182. The van der Waals surface area contributed by atoms with Crippen LogP contribution in [0.5, 0.6) is 23.0 Å². The van der Waals surface area contributed by atoms with E-state index in [9.17, 15) is 5.11 Å². The number of methoxy groups -OCH3 is 2. The maximum absolute atomic E-state index is 10.2. The molecule has 3 aromatic rings. The lowest BCUT2D eigenvalue weighted by Crippen LogP contribution is -2.06. The summed E-state index contributed by atoms with van der Waals surface area (Å²) in [6, 6.07) is 21.9. The van der Waals surface area contributed by atoms with Gasteiger partial charge in [-0.2, -0.15) is 0 Å². The monoisotopic (exact) mass is 366 g/mol. The van der Waals surface area contributed by atoms with Crippen molar-refractivity contribution in [3.8, 4) is 23.0 Å². The van der Waals surface area contributed by atoms with Crippen LogP contribution in [0.15, 0.2) is 72.8 Å². The van der Waals surface area contributed by atoms with E-state index in [2.05, 4.69) is 0 Å². The molecule has 3 aromatic carbocycles. The molecule has 0 fully saturated rings. The molecule has 0 aliphatic heterocycles. The lowest BCUT2D eigenvalue weighted by molar-refractivity contribution is -0.0194. The van der Waals surface area contributed by atoms with Crippen LogP contribution in [0.2, 0.25) is 0 Å². The van der Waals surface area contributed by atoms with Crippen LogP contribution in [0.1, 0.15) is 17.4 Å². The van der Waals surface area contributed by atoms with Crippen LogP contribution in [0.25, 0.3) is 0 Å². The molecule has 3 rings (SSSR count).